The summed E-state index contributed by atoms with van der Waals surface area (Å²) in [5, 5.41) is 4.91. The smallest absolute Gasteiger partial charge is 0.184 e. The maximum absolute atomic E-state index is 15.4. The topological polar surface area (TPSA) is 60.1 Å². The van der Waals surface area contributed by atoms with Crippen molar-refractivity contribution in [3.05, 3.63) is 52.8 Å². The highest BCUT2D eigenvalue weighted by Gasteiger charge is 2.26. The Morgan fingerprint density at radius 3 is 2.34 bits per heavy atom. The molecule has 3 N–H and O–H groups in total. The van der Waals surface area contributed by atoms with E-state index in [1.807, 2.05) is 24.3 Å². The Balaban J connectivity index is 1.55. The number of hydrogen-bond donors (Lipinski definition) is 2. The average molecular weight is 517 g/mol. The molecule has 2 aromatic carbocycles. The molecule has 2 heterocycles. The second-order valence-corrected chi connectivity index (χ2v) is 10.5. The lowest BCUT2D eigenvalue weighted by Gasteiger charge is -2.39. The number of halogens is 2. The van der Waals surface area contributed by atoms with E-state index in [1.54, 1.807) is 12.3 Å². The van der Waals surface area contributed by atoms with E-state index in [9.17, 15) is 0 Å². The molecule has 6 nitrogen and oxygen atoms in total. The average Bonchev–Trinajstić information content (AvgIpc) is 2.84. The zero-order chi connectivity index (χ0) is 24.9. The SMILES string of the molecule is CC(C)C1CCN(c2cc(N3CCN(c4cccc(Cl)c4)CC3)c(F)cc2/C=N/NC(N)=S)CC1. The number of nitrogens with one attached hydrogen (secondary N) is 1. The van der Waals surface area contributed by atoms with Crippen LogP contribution < -0.4 is 25.9 Å². The van der Waals surface area contributed by atoms with Gasteiger partial charge >= 0.3 is 0 Å². The number of hydrazone groups is 1. The summed E-state index contributed by atoms with van der Waals surface area (Å²) in [5.74, 6) is 1.14. The van der Waals surface area contributed by atoms with E-state index in [-0.39, 0.29) is 10.9 Å². The van der Waals surface area contributed by atoms with Crippen LogP contribution in [0.1, 0.15) is 32.3 Å². The Bertz CT molecular complexity index is 1060. The van der Waals surface area contributed by atoms with Crippen molar-refractivity contribution in [1.29, 1.82) is 0 Å². The molecule has 0 aromatic heterocycles. The quantitative estimate of drug-likeness (QED) is 0.325. The monoisotopic (exact) mass is 516 g/mol. The fourth-order valence-corrected chi connectivity index (χ4v) is 5.27. The Morgan fingerprint density at radius 1 is 1.06 bits per heavy atom. The van der Waals surface area contributed by atoms with E-state index < -0.39 is 0 Å². The maximum atomic E-state index is 15.4. The van der Waals surface area contributed by atoms with E-state index in [1.165, 1.54) is 0 Å². The van der Waals surface area contributed by atoms with Gasteiger partial charge in [0.05, 0.1) is 11.9 Å². The van der Waals surface area contributed by atoms with Crippen LogP contribution in [0, 0.1) is 17.7 Å². The van der Waals surface area contributed by atoms with Crippen LogP contribution in [0.4, 0.5) is 21.5 Å². The van der Waals surface area contributed by atoms with Gasteiger partial charge in [-0.15, -0.1) is 0 Å². The predicted octanol–water partition coefficient (Wildman–Crippen LogP) is 4.85. The highest BCUT2D eigenvalue weighted by molar-refractivity contribution is 7.80. The number of rotatable bonds is 6. The maximum Gasteiger partial charge on any atom is 0.184 e. The number of benzene rings is 2. The molecule has 2 fully saturated rings. The van der Waals surface area contributed by atoms with Gasteiger partial charge in [-0.2, -0.15) is 5.10 Å². The van der Waals surface area contributed by atoms with E-state index in [4.69, 9.17) is 29.6 Å². The lowest BCUT2D eigenvalue weighted by molar-refractivity contribution is 0.311. The number of thiocarbonyl (C=S) groups is 1. The summed E-state index contributed by atoms with van der Waals surface area (Å²) in [4.78, 5) is 6.78. The molecule has 2 aliphatic rings. The Labute approximate surface area is 217 Å². The third kappa shape index (κ3) is 6.35. The third-order valence-corrected chi connectivity index (χ3v) is 7.42. The van der Waals surface area contributed by atoms with Crippen molar-refractivity contribution >= 4 is 52.2 Å². The molecule has 35 heavy (non-hydrogen) atoms. The summed E-state index contributed by atoms with van der Waals surface area (Å²) in [6.45, 7) is 9.53. The molecule has 0 atom stereocenters. The van der Waals surface area contributed by atoms with Crippen molar-refractivity contribution in [2.75, 3.05) is 54.0 Å². The summed E-state index contributed by atoms with van der Waals surface area (Å²) >= 11 is 11.0. The molecule has 0 saturated carbocycles. The Hall–Kier alpha value is -2.58. The molecule has 2 aromatic rings. The number of hydrogen-bond acceptors (Lipinski definition) is 5. The van der Waals surface area contributed by atoms with Gasteiger partial charge in [-0.3, -0.25) is 5.43 Å². The molecular weight excluding hydrogens is 483 g/mol. The zero-order valence-corrected chi connectivity index (χ0v) is 22.0. The van der Waals surface area contributed by atoms with Crippen LogP contribution in [0.25, 0.3) is 0 Å². The molecule has 188 valence electrons. The minimum absolute atomic E-state index is 0.0789. The molecule has 9 heteroatoms. The Morgan fingerprint density at radius 2 is 1.71 bits per heavy atom. The highest BCUT2D eigenvalue weighted by atomic mass is 35.5. The molecule has 0 amide bonds. The minimum Gasteiger partial charge on any atom is -0.375 e. The van der Waals surface area contributed by atoms with Crippen LogP contribution in [0.15, 0.2) is 41.5 Å². The molecule has 0 aliphatic carbocycles. The first-order chi connectivity index (χ1) is 16.8. The van der Waals surface area contributed by atoms with Crippen LogP contribution in [0.3, 0.4) is 0 Å². The molecule has 2 saturated heterocycles. The predicted molar refractivity (Wildman–Crippen MR) is 150 cm³/mol. The number of piperidine rings is 1. The first kappa shape index (κ1) is 25.5. The van der Waals surface area contributed by atoms with Crippen LogP contribution >= 0.6 is 23.8 Å². The van der Waals surface area contributed by atoms with Crippen molar-refractivity contribution in [1.82, 2.24) is 5.43 Å². The normalized spacial score (nSPS) is 17.5. The van der Waals surface area contributed by atoms with E-state index in [0.717, 1.165) is 80.0 Å². The van der Waals surface area contributed by atoms with Gasteiger partial charge < -0.3 is 20.4 Å². The fraction of sp³-hybridized carbons (Fsp3) is 0.462. The largest absolute Gasteiger partial charge is 0.375 e. The summed E-state index contributed by atoms with van der Waals surface area (Å²) in [6, 6.07) is 11.5. The molecule has 2 aliphatic heterocycles. The molecular formula is C26H34ClFN6S. The number of piperazine rings is 1. The zero-order valence-electron chi connectivity index (χ0n) is 20.4. The van der Waals surface area contributed by atoms with Crippen LogP contribution in [-0.2, 0) is 0 Å². The Kier molecular flexibility index (Phi) is 8.34. The van der Waals surface area contributed by atoms with Crippen LogP contribution in [0.5, 0.6) is 0 Å². The van der Waals surface area contributed by atoms with Gasteiger partial charge in [0, 0.05) is 61.2 Å². The summed E-state index contributed by atoms with van der Waals surface area (Å²) in [7, 11) is 0. The van der Waals surface area contributed by atoms with Gasteiger partial charge in [-0.1, -0.05) is 31.5 Å². The standard InChI is InChI=1S/C26H34ClFN6S/c1-18(2)19-6-8-33(9-7-19)24-16-25(23(28)14-20(24)17-30-31-26(29)35)34-12-10-32(11-13-34)22-5-3-4-21(27)15-22/h3-5,14-19H,6-13H2,1-2H3,(H3,29,31,35)/b30-17+. The van der Waals surface area contributed by atoms with Gasteiger partial charge in [-0.25, -0.2) is 4.39 Å². The highest BCUT2D eigenvalue weighted by Crippen LogP contribution is 2.34. The first-order valence-corrected chi connectivity index (χ1v) is 13.0. The molecule has 0 bridgehead atoms. The number of nitrogens with zero attached hydrogens (tertiary/aromatic N) is 4. The van der Waals surface area contributed by atoms with Crippen molar-refractivity contribution in [3.63, 3.8) is 0 Å². The second kappa shape index (κ2) is 11.4. The van der Waals surface area contributed by atoms with Gasteiger partial charge in [-0.05, 0) is 67.2 Å². The number of nitrogens with two attached hydrogens (primary N) is 1. The fourth-order valence-electron chi connectivity index (χ4n) is 5.04. The second-order valence-electron chi connectivity index (χ2n) is 9.62. The first-order valence-electron chi connectivity index (χ1n) is 12.2. The van der Waals surface area contributed by atoms with E-state index in [2.05, 4.69) is 45.1 Å². The number of anilines is 3. The minimum atomic E-state index is -0.251. The van der Waals surface area contributed by atoms with Gasteiger partial charge in [0.25, 0.3) is 0 Å². The van der Waals surface area contributed by atoms with Crippen LogP contribution in [-0.4, -0.2) is 50.6 Å². The van der Waals surface area contributed by atoms with Crippen molar-refractivity contribution in [2.45, 2.75) is 26.7 Å². The molecule has 0 radical (unpaired) electrons. The lowest BCUT2D eigenvalue weighted by atomic mass is 9.86. The van der Waals surface area contributed by atoms with Gasteiger partial charge in [0.2, 0.25) is 0 Å². The lowest BCUT2D eigenvalue weighted by Crippen LogP contribution is -2.47. The van der Waals surface area contributed by atoms with E-state index in [0.29, 0.717) is 11.6 Å². The van der Waals surface area contributed by atoms with Crippen molar-refractivity contribution in [2.24, 2.45) is 22.7 Å². The molecule has 0 unspecified atom stereocenters. The van der Waals surface area contributed by atoms with Crippen molar-refractivity contribution in [3.8, 4) is 0 Å². The molecule has 4 rings (SSSR count). The summed E-state index contributed by atoms with van der Waals surface area (Å²) in [5.41, 5.74) is 11.5. The summed E-state index contributed by atoms with van der Waals surface area (Å²) < 4.78 is 15.4. The van der Waals surface area contributed by atoms with Crippen molar-refractivity contribution < 1.29 is 4.39 Å². The van der Waals surface area contributed by atoms with Crippen LogP contribution in [0.2, 0.25) is 5.02 Å². The van der Waals surface area contributed by atoms with Gasteiger partial charge in [0.1, 0.15) is 5.82 Å². The summed E-state index contributed by atoms with van der Waals surface area (Å²) in [6.07, 6.45) is 3.86. The van der Waals surface area contributed by atoms with Gasteiger partial charge in [0.15, 0.2) is 5.11 Å². The molecule has 0 spiro atoms. The van der Waals surface area contributed by atoms with E-state index >= 15 is 4.39 Å². The third-order valence-electron chi connectivity index (χ3n) is 7.09.